The quantitative estimate of drug-likeness (QED) is 0.613. The van der Waals surface area contributed by atoms with Crippen molar-refractivity contribution >= 4 is 26.0 Å². The lowest BCUT2D eigenvalue weighted by Gasteiger charge is -2.06. The molecule has 0 amide bonds. The molecule has 0 saturated carbocycles. The zero-order chi connectivity index (χ0) is 12.9. The first kappa shape index (κ1) is 14.5. The minimum Gasteiger partial charge on any atom is -0.394 e. The average Bonchev–Trinajstić information content (AvgIpc) is 2.58. The maximum Gasteiger partial charge on any atom is 0.260 e. The van der Waals surface area contributed by atoms with Crippen LogP contribution in [0.2, 0.25) is 0 Å². The largest absolute Gasteiger partial charge is 0.394 e. The molecule has 8 nitrogen and oxygen atoms in total. The van der Waals surface area contributed by atoms with Crippen LogP contribution in [0.4, 0.5) is 0 Å². The van der Waals surface area contributed by atoms with Crippen molar-refractivity contribution < 1.29 is 18.3 Å². The molecule has 0 radical (unpaired) electrons. The normalized spacial score (nSPS) is 11.9. The number of aromatic nitrogens is 3. The zero-order valence-corrected chi connectivity index (χ0v) is 11.5. The van der Waals surface area contributed by atoms with Crippen molar-refractivity contribution in [3.63, 3.8) is 0 Å². The van der Waals surface area contributed by atoms with Gasteiger partial charge in [0.2, 0.25) is 5.03 Å². The second kappa shape index (κ2) is 6.40. The van der Waals surface area contributed by atoms with Crippen LogP contribution in [-0.4, -0.2) is 54.9 Å². The lowest BCUT2D eigenvalue weighted by molar-refractivity contribution is 0.0961. The number of nitrogens with zero attached hydrogens (tertiary/aromatic N) is 3. The standard InChI is InChI=1S/C7H13BrN4O4S/c1-12-7(6(8)10-11-12)17(14,15)9-2-4-16-5-3-13/h9,13H,2-5H2,1H3. The summed E-state index contributed by atoms with van der Waals surface area (Å²) in [5.74, 6) is 0. The number of aryl methyl sites for hydroxylation is 1. The van der Waals surface area contributed by atoms with Crippen LogP contribution in [0, 0.1) is 0 Å². The summed E-state index contributed by atoms with van der Waals surface area (Å²) < 4.78 is 32.2. The molecule has 0 aliphatic heterocycles. The molecule has 98 valence electrons. The predicted octanol–water partition coefficient (Wildman–Crippen LogP) is -1.14. The Bertz CT molecular complexity index is 441. The fourth-order valence-corrected chi connectivity index (χ4v) is 3.19. The fraction of sp³-hybridized carbons (Fsp3) is 0.714. The maximum atomic E-state index is 11.8. The van der Waals surface area contributed by atoms with Gasteiger partial charge in [-0.2, -0.15) is 0 Å². The first-order valence-corrected chi connectivity index (χ1v) is 7.00. The van der Waals surface area contributed by atoms with Crippen LogP contribution >= 0.6 is 15.9 Å². The summed E-state index contributed by atoms with van der Waals surface area (Å²) in [5, 5.41) is 15.6. The molecule has 17 heavy (non-hydrogen) atoms. The predicted molar refractivity (Wildman–Crippen MR) is 61.8 cm³/mol. The molecule has 0 spiro atoms. The van der Waals surface area contributed by atoms with E-state index in [1.54, 1.807) is 0 Å². The maximum absolute atomic E-state index is 11.8. The molecule has 0 saturated heterocycles. The molecule has 1 rings (SSSR count). The third kappa shape index (κ3) is 4.00. The van der Waals surface area contributed by atoms with Crippen molar-refractivity contribution in [2.75, 3.05) is 26.4 Å². The van der Waals surface area contributed by atoms with Gasteiger partial charge in [0.1, 0.15) is 0 Å². The van der Waals surface area contributed by atoms with E-state index < -0.39 is 10.0 Å². The van der Waals surface area contributed by atoms with Crippen LogP contribution in [0.3, 0.4) is 0 Å². The Morgan fingerprint density at radius 2 is 2.24 bits per heavy atom. The molecule has 0 fully saturated rings. The van der Waals surface area contributed by atoms with E-state index in [0.717, 1.165) is 4.68 Å². The van der Waals surface area contributed by atoms with Gasteiger partial charge in [-0.15, -0.1) is 5.10 Å². The second-order valence-electron chi connectivity index (χ2n) is 3.04. The lowest BCUT2D eigenvalue weighted by Crippen LogP contribution is -2.29. The number of sulfonamides is 1. The van der Waals surface area contributed by atoms with Gasteiger partial charge in [0.25, 0.3) is 10.0 Å². The van der Waals surface area contributed by atoms with E-state index in [2.05, 4.69) is 31.0 Å². The highest BCUT2D eigenvalue weighted by atomic mass is 79.9. The van der Waals surface area contributed by atoms with Crippen LogP contribution in [0.5, 0.6) is 0 Å². The summed E-state index contributed by atoms with van der Waals surface area (Å²) in [4.78, 5) is 0. The van der Waals surface area contributed by atoms with Gasteiger partial charge in [0.15, 0.2) is 4.60 Å². The number of aliphatic hydroxyl groups is 1. The summed E-state index contributed by atoms with van der Waals surface area (Å²) in [5.41, 5.74) is 0. The van der Waals surface area contributed by atoms with Crippen LogP contribution in [0.1, 0.15) is 0 Å². The van der Waals surface area contributed by atoms with Gasteiger partial charge in [-0.1, -0.05) is 5.21 Å². The molecular weight excluding hydrogens is 316 g/mol. The zero-order valence-electron chi connectivity index (χ0n) is 9.13. The number of nitrogens with one attached hydrogen (secondary N) is 1. The number of hydrogen-bond acceptors (Lipinski definition) is 6. The van der Waals surface area contributed by atoms with Crippen molar-refractivity contribution in [1.29, 1.82) is 0 Å². The van der Waals surface area contributed by atoms with Gasteiger partial charge in [-0.25, -0.2) is 17.8 Å². The molecule has 0 aliphatic rings. The van der Waals surface area contributed by atoms with Crippen molar-refractivity contribution in [2.24, 2.45) is 7.05 Å². The molecule has 0 atom stereocenters. The number of halogens is 1. The molecular formula is C7H13BrN4O4S. The van der Waals surface area contributed by atoms with Crippen molar-refractivity contribution in [1.82, 2.24) is 19.7 Å². The van der Waals surface area contributed by atoms with Gasteiger partial charge in [-0.3, -0.25) is 0 Å². The monoisotopic (exact) mass is 328 g/mol. The van der Waals surface area contributed by atoms with Crippen molar-refractivity contribution in [3.05, 3.63) is 4.60 Å². The fourth-order valence-electron chi connectivity index (χ4n) is 1.09. The molecule has 0 aliphatic carbocycles. The van der Waals surface area contributed by atoms with E-state index in [4.69, 9.17) is 9.84 Å². The lowest BCUT2D eigenvalue weighted by atomic mass is 10.7. The molecule has 10 heteroatoms. The summed E-state index contributed by atoms with van der Waals surface area (Å²) in [6, 6.07) is 0. The SMILES string of the molecule is Cn1nnc(Br)c1S(=O)(=O)NCCOCCO. The highest BCUT2D eigenvalue weighted by Crippen LogP contribution is 2.16. The summed E-state index contributed by atoms with van der Waals surface area (Å²) in [7, 11) is -2.19. The first-order chi connectivity index (χ1) is 7.99. The molecule has 0 bridgehead atoms. The number of rotatable bonds is 7. The first-order valence-electron chi connectivity index (χ1n) is 4.72. The highest BCUT2D eigenvalue weighted by molar-refractivity contribution is 9.10. The minimum atomic E-state index is -3.67. The summed E-state index contributed by atoms with van der Waals surface area (Å²) in [6.07, 6.45) is 0. The van der Waals surface area contributed by atoms with Gasteiger partial charge >= 0.3 is 0 Å². The molecule has 1 aromatic rings. The molecule has 2 N–H and O–H groups in total. The van der Waals surface area contributed by atoms with E-state index in [0.29, 0.717) is 0 Å². The number of ether oxygens (including phenoxy) is 1. The Morgan fingerprint density at radius 3 is 2.76 bits per heavy atom. The van der Waals surface area contributed by atoms with Gasteiger partial charge in [-0.05, 0) is 15.9 Å². The van der Waals surface area contributed by atoms with E-state index in [9.17, 15) is 8.42 Å². The van der Waals surface area contributed by atoms with Crippen LogP contribution in [0.25, 0.3) is 0 Å². The Labute approximate surface area is 107 Å². The van der Waals surface area contributed by atoms with Crippen molar-refractivity contribution in [3.8, 4) is 0 Å². The van der Waals surface area contributed by atoms with Crippen molar-refractivity contribution in [2.45, 2.75) is 5.03 Å². The van der Waals surface area contributed by atoms with E-state index >= 15 is 0 Å². The smallest absolute Gasteiger partial charge is 0.260 e. The topological polar surface area (TPSA) is 106 Å². The average molecular weight is 329 g/mol. The summed E-state index contributed by atoms with van der Waals surface area (Å²) >= 11 is 3.01. The molecule has 1 heterocycles. The molecule has 0 aromatic carbocycles. The Hall–Kier alpha value is -0.550. The third-order valence-electron chi connectivity index (χ3n) is 1.77. The van der Waals surface area contributed by atoms with Gasteiger partial charge in [0, 0.05) is 13.6 Å². The highest BCUT2D eigenvalue weighted by Gasteiger charge is 2.23. The minimum absolute atomic E-state index is 0.0420. The summed E-state index contributed by atoms with van der Waals surface area (Å²) in [6.45, 7) is 0.380. The van der Waals surface area contributed by atoms with Crippen LogP contribution < -0.4 is 4.72 Å². The van der Waals surface area contributed by atoms with Crippen LogP contribution in [0.15, 0.2) is 9.63 Å². The molecule has 0 unspecified atom stereocenters. The molecule has 1 aromatic heterocycles. The van der Waals surface area contributed by atoms with E-state index in [1.165, 1.54) is 7.05 Å². The Balaban J connectivity index is 2.58. The van der Waals surface area contributed by atoms with Crippen LogP contribution in [-0.2, 0) is 21.8 Å². The van der Waals surface area contributed by atoms with Gasteiger partial charge < -0.3 is 9.84 Å². The number of aliphatic hydroxyl groups excluding tert-OH is 1. The van der Waals surface area contributed by atoms with Gasteiger partial charge in [0.05, 0.1) is 19.8 Å². The van der Waals surface area contributed by atoms with E-state index in [-0.39, 0.29) is 36.0 Å². The Kier molecular flexibility index (Phi) is 5.46. The third-order valence-corrected chi connectivity index (χ3v) is 4.11. The van der Waals surface area contributed by atoms with E-state index in [1.807, 2.05) is 0 Å². The number of hydrogen-bond donors (Lipinski definition) is 2. The second-order valence-corrected chi connectivity index (χ2v) is 5.48. The Morgan fingerprint density at radius 1 is 1.53 bits per heavy atom.